The zero-order valence-corrected chi connectivity index (χ0v) is 5.00. The van der Waals surface area contributed by atoms with Gasteiger partial charge in [0.05, 0.1) is 11.9 Å². The van der Waals surface area contributed by atoms with Crippen molar-refractivity contribution in [2.45, 2.75) is 0 Å². The first-order valence-electron chi connectivity index (χ1n) is 2.59. The zero-order valence-electron chi connectivity index (χ0n) is 5.00. The van der Waals surface area contributed by atoms with Gasteiger partial charge in [0.1, 0.15) is 0 Å². The summed E-state index contributed by atoms with van der Waals surface area (Å²) >= 11 is 0. The number of halogens is 1. The lowest BCUT2D eigenvalue weighted by Gasteiger charge is -1.95. The highest BCUT2D eigenvalue weighted by Gasteiger charge is 1.96. The van der Waals surface area contributed by atoms with E-state index in [4.69, 9.17) is 5.26 Å². The van der Waals surface area contributed by atoms with Crippen molar-refractivity contribution in [3.05, 3.63) is 24.3 Å². The van der Waals surface area contributed by atoms with E-state index in [1.165, 1.54) is 12.3 Å². The molecule has 1 aromatic heterocycles. The molecule has 1 N–H and O–H groups in total. The molecular weight excluding hydrogens is 133 g/mol. The molecule has 1 heterocycles. The molecule has 1 aromatic rings. The third-order valence-corrected chi connectivity index (χ3v) is 0.963. The largest absolute Gasteiger partial charge is 0.290 e. The highest BCUT2D eigenvalue weighted by molar-refractivity contribution is 5.45. The molecule has 0 saturated carbocycles. The first-order valence-corrected chi connectivity index (χ1v) is 2.59. The van der Waals surface area contributed by atoms with E-state index in [2.05, 4.69) is 10.3 Å². The van der Waals surface area contributed by atoms with Gasteiger partial charge in [-0.3, -0.25) is 10.3 Å². The Morgan fingerprint density at radius 2 is 2.50 bits per heavy atom. The van der Waals surface area contributed by atoms with Crippen molar-refractivity contribution in [3.8, 4) is 6.19 Å². The van der Waals surface area contributed by atoms with Crippen molar-refractivity contribution in [1.82, 2.24) is 4.98 Å². The van der Waals surface area contributed by atoms with E-state index in [1.807, 2.05) is 0 Å². The average Bonchev–Trinajstić information content (AvgIpc) is 1.94. The topological polar surface area (TPSA) is 48.7 Å². The van der Waals surface area contributed by atoms with E-state index in [1.54, 1.807) is 6.19 Å². The minimum absolute atomic E-state index is 0.150. The average molecular weight is 137 g/mol. The highest BCUT2D eigenvalue weighted by Crippen LogP contribution is 2.08. The molecule has 0 aliphatic rings. The Balaban J connectivity index is 2.94. The molecule has 0 bridgehead atoms. The van der Waals surface area contributed by atoms with Crippen LogP contribution >= 0.6 is 0 Å². The predicted molar refractivity (Wildman–Crippen MR) is 33.4 cm³/mol. The van der Waals surface area contributed by atoms with Crippen LogP contribution in [0.5, 0.6) is 0 Å². The van der Waals surface area contributed by atoms with Gasteiger partial charge in [0, 0.05) is 6.20 Å². The third-order valence-electron chi connectivity index (χ3n) is 0.963. The number of hydrogen-bond donors (Lipinski definition) is 1. The molecule has 3 nitrogen and oxygen atoms in total. The van der Waals surface area contributed by atoms with Crippen molar-refractivity contribution in [2.24, 2.45) is 0 Å². The van der Waals surface area contributed by atoms with Gasteiger partial charge in [-0.2, -0.15) is 5.26 Å². The quantitative estimate of drug-likeness (QED) is 0.466. The van der Waals surface area contributed by atoms with Crippen LogP contribution in [0.3, 0.4) is 0 Å². The predicted octanol–water partition coefficient (Wildman–Crippen LogP) is 1.11. The van der Waals surface area contributed by atoms with Crippen molar-refractivity contribution in [1.29, 1.82) is 5.26 Å². The molecule has 0 amide bonds. The molecule has 0 unspecified atom stereocenters. The van der Waals surface area contributed by atoms with E-state index >= 15 is 0 Å². The fourth-order valence-electron chi connectivity index (χ4n) is 0.537. The molecule has 0 aromatic carbocycles. The summed E-state index contributed by atoms with van der Waals surface area (Å²) in [4.78, 5) is 3.50. The Morgan fingerprint density at radius 3 is 3.10 bits per heavy atom. The van der Waals surface area contributed by atoms with Gasteiger partial charge in [0.15, 0.2) is 12.0 Å². The van der Waals surface area contributed by atoms with Crippen LogP contribution in [0.15, 0.2) is 18.5 Å². The van der Waals surface area contributed by atoms with Gasteiger partial charge in [0.25, 0.3) is 0 Å². The molecule has 50 valence electrons. The standard InChI is InChI=1S/C6H4FN3/c7-5-3-9-2-1-6(5)10-4-8/h1-3H,(H,9,10). The Hall–Kier alpha value is -1.63. The van der Waals surface area contributed by atoms with Crippen LogP contribution < -0.4 is 5.32 Å². The number of aromatic nitrogens is 1. The molecule has 0 aliphatic carbocycles. The van der Waals surface area contributed by atoms with Crippen molar-refractivity contribution in [3.63, 3.8) is 0 Å². The molecule has 0 fully saturated rings. The maximum absolute atomic E-state index is 12.5. The SMILES string of the molecule is N#CNc1ccncc1F. The van der Waals surface area contributed by atoms with E-state index < -0.39 is 5.82 Å². The lowest BCUT2D eigenvalue weighted by molar-refractivity contribution is 0.625. The number of anilines is 1. The number of rotatable bonds is 1. The van der Waals surface area contributed by atoms with E-state index in [-0.39, 0.29) is 5.69 Å². The van der Waals surface area contributed by atoms with Crippen molar-refractivity contribution < 1.29 is 4.39 Å². The van der Waals surface area contributed by atoms with E-state index in [0.717, 1.165) is 6.20 Å². The lowest BCUT2D eigenvalue weighted by atomic mass is 10.4. The van der Waals surface area contributed by atoms with Gasteiger partial charge in [0.2, 0.25) is 0 Å². The lowest BCUT2D eigenvalue weighted by Crippen LogP contribution is -1.91. The fourth-order valence-corrected chi connectivity index (χ4v) is 0.537. The summed E-state index contributed by atoms with van der Waals surface area (Å²) in [5.74, 6) is -0.524. The molecular formula is C6H4FN3. The smallest absolute Gasteiger partial charge is 0.181 e. The first-order chi connectivity index (χ1) is 4.84. The summed E-state index contributed by atoms with van der Waals surface area (Å²) in [6, 6.07) is 1.39. The molecule has 1 rings (SSSR count). The molecule has 0 radical (unpaired) electrons. The number of nitrogens with zero attached hydrogens (tertiary/aromatic N) is 2. The Labute approximate surface area is 57.1 Å². The first kappa shape index (κ1) is 6.49. The summed E-state index contributed by atoms with van der Waals surface area (Å²) in [7, 11) is 0. The molecule has 0 atom stereocenters. The molecule has 0 saturated heterocycles. The van der Waals surface area contributed by atoms with Gasteiger partial charge in [-0.15, -0.1) is 0 Å². The maximum Gasteiger partial charge on any atom is 0.181 e. The second-order valence-corrected chi connectivity index (χ2v) is 1.59. The summed E-state index contributed by atoms with van der Waals surface area (Å²) < 4.78 is 12.5. The zero-order chi connectivity index (χ0) is 7.40. The third kappa shape index (κ3) is 1.20. The Morgan fingerprint density at radius 1 is 1.70 bits per heavy atom. The van der Waals surface area contributed by atoms with Crippen LogP contribution in [-0.4, -0.2) is 4.98 Å². The van der Waals surface area contributed by atoms with E-state index in [9.17, 15) is 4.39 Å². The van der Waals surface area contributed by atoms with Gasteiger partial charge in [-0.05, 0) is 6.07 Å². The van der Waals surface area contributed by atoms with Crippen LogP contribution in [-0.2, 0) is 0 Å². The summed E-state index contributed by atoms with van der Waals surface area (Å²) in [5, 5.41) is 10.3. The molecule has 4 heteroatoms. The van der Waals surface area contributed by atoms with Gasteiger partial charge in [-0.1, -0.05) is 0 Å². The Bertz CT molecular complexity index is 266. The summed E-state index contributed by atoms with van der Waals surface area (Å²) in [5.41, 5.74) is 0.150. The summed E-state index contributed by atoms with van der Waals surface area (Å²) in [6.45, 7) is 0. The van der Waals surface area contributed by atoms with Gasteiger partial charge < -0.3 is 0 Å². The highest BCUT2D eigenvalue weighted by atomic mass is 19.1. The van der Waals surface area contributed by atoms with Crippen LogP contribution in [0, 0.1) is 17.3 Å². The minimum atomic E-state index is -0.524. The number of hydrogen-bond acceptors (Lipinski definition) is 3. The normalized spacial score (nSPS) is 8.40. The maximum atomic E-state index is 12.5. The number of nitrogens with one attached hydrogen (secondary N) is 1. The van der Waals surface area contributed by atoms with Crippen molar-refractivity contribution in [2.75, 3.05) is 5.32 Å². The number of pyridine rings is 1. The number of nitriles is 1. The second kappa shape index (κ2) is 2.78. The second-order valence-electron chi connectivity index (χ2n) is 1.59. The van der Waals surface area contributed by atoms with Gasteiger partial charge >= 0.3 is 0 Å². The van der Waals surface area contributed by atoms with E-state index in [0.29, 0.717) is 0 Å². The minimum Gasteiger partial charge on any atom is -0.290 e. The molecule has 0 spiro atoms. The van der Waals surface area contributed by atoms with Crippen molar-refractivity contribution >= 4 is 5.69 Å². The van der Waals surface area contributed by atoms with Crippen LogP contribution in [0.2, 0.25) is 0 Å². The molecule has 10 heavy (non-hydrogen) atoms. The molecule has 0 aliphatic heterocycles. The van der Waals surface area contributed by atoms with Crippen LogP contribution in [0.1, 0.15) is 0 Å². The van der Waals surface area contributed by atoms with Crippen LogP contribution in [0.4, 0.5) is 10.1 Å². The monoisotopic (exact) mass is 137 g/mol. The van der Waals surface area contributed by atoms with Gasteiger partial charge in [-0.25, -0.2) is 4.39 Å². The summed E-state index contributed by atoms with van der Waals surface area (Å²) in [6.07, 6.45) is 4.05. The fraction of sp³-hybridized carbons (Fsp3) is 0. The van der Waals surface area contributed by atoms with Crippen LogP contribution in [0.25, 0.3) is 0 Å². The Kier molecular flexibility index (Phi) is 1.80.